The van der Waals surface area contributed by atoms with E-state index in [0.29, 0.717) is 4.90 Å². The van der Waals surface area contributed by atoms with Gasteiger partial charge in [-0.1, -0.05) is 46.2 Å². The van der Waals surface area contributed by atoms with E-state index in [2.05, 4.69) is 20.8 Å². The summed E-state index contributed by atoms with van der Waals surface area (Å²) in [6.07, 6.45) is 3.73. The number of piperidine rings is 1. The van der Waals surface area contributed by atoms with Crippen LogP contribution in [0.2, 0.25) is 0 Å². The Morgan fingerprint density at radius 1 is 1.12 bits per heavy atom. The molecule has 0 aromatic heterocycles. The molecule has 1 fully saturated rings. The minimum absolute atomic E-state index is 0.189. The molecule has 126 valence electrons. The topological polar surface area (TPSA) is 46.4 Å². The van der Waals surface area contributed by atoms with Crippen LogP contribution in [0.1, 0.15) is 24.8 Å². The van der Waals surface area contributed by atoms with E-state index < -0.39 is 0 Å². The first-order valence-electron chi connectivity index (χ1n) is 8.05. The summed E-state index contributed by atoms with van der Waals surface area (Å²) in [6, 6.07) is 13.4. The molecule has 0 unspecified atom stereocenters. The first kappa shape index (κ1) is 17.5. The van der Waals surface area contributed by atoms with Crippen LogP contribution < -0.4 is 0 Å². The Kier molecular flexibility index (Phi) is 5.92. The van der Waals surface area contributed by atoms with Crippen molar-refractivity contribution < 1.29 is 4.92 Å². The van der Waals surface area contributed by atoms with Crippen LogP contribution in [0.3, 0.4) is 0 Å². The first-order chi connectivity index (χ1) is 11.6. The van der Waals surface area contributed by atoms with Gasteiger partial charge in [0.2, 0.25) is 0 Å². The second-order valence-electron chi connectivity index (χ2n) is 5.96. The van der Waals surface area contributed by atoms with Gasteiger partial charge in [0.15, 0.2) is 0 Å². The number of nitro benzene ring substituents is 1. The molecule has 0 radical (unpaired) electrons. The van der Waals surface area contributed by atoms with Crippen molar-refractivity contribution in [1.29, 1.82) is 0 Å². The number of nitrogens with zero attached hydrogens (tertiary/aromatic N) is 2. The number of nitro groups is 1. The lowest BCUT2D eigenvalue weighted by atomic mass is 10.1. The summed E-state index contributed by atoms with van der Waals surface area (Å²) >= 11 is 4.86. The summed E-state index contributed by atoms with van der Waals surface area (Å²) in [5.41, 5.74) is 1.21. The number of rotatable bonds is 5. The highest BCUT2D eigenvalue weighted by Gasteiger charge is 2.18. The minimum atomic E-state index is -0.278. The third kappa shape index (κ3) is 4.59. The molecule has 0 saturated carbocycles. The van der Waals surface area contributed by atoms with Crippen LogP contribution in [0.5, 0.6) is 0 Å². The maximum atomic E-state index is 11.5. The van der Waals surface area contributed by atoms with Gasteiger partial charge in [-0.05, 0) is 55.8 Å². The fourth-order valence-corrected chi connectivity index (χ4v) is 4.43. The number of likely N-dealkylation sites (tertiary alicyclic amines) is 1. The molecular weight excluding hydrogens is 388 g/mol. The Morgan fingerprint density at radius 3 is 2.62 bits per heavy atom. The fourth-order valence-electron chi connectivity index (χ4n) is 2.92. The highest BCUT2D eigenvalue weighted by atomic mass is 79.9. The van der Waals surface area contributed by atoms with Crippen LogP contribution in [-0.4, -0.2) is 22.9 Å². The van der Waals surface area contributed by atoms with Crippen molar-refractivity contribution in [2.24, 2.45) is 0 Å². The molecule has 24 heavy (non-hydrogen) atoms. The van der Waals surface area contributed by atoms with Crippen molar-refractivity contribution in [3.8, 4) is 0 Å². The van der Waals surface area contributed by atoms with Crippen LogP contribution in [-0.2, 0) is 6.54 Å². The van der Waals surface area contributed by atoms with E-state index in [-0.39, 0.29) is 10.6 Å². The Morgan fingerprint density at radius 2 is 1.92 bits per heavy atom. The van der Waals surface area contributed by atoms with Crippen molar-refractivity contribution in [2.75, 3.05) is 13.1 Å². The first-order valence-corrected chi connectivity index (χ1v) is 9.66. The SMILES string of the molecule is O=[N+]([O-])c1cc(CN2CCCCC2)ccc1Sc1cccc(Br)c1. The fraction of sp³-hybridized carbons (Fsp3) is 0.333. The molecule has 0 atom stereocenters. The molecule has 0 amide bonds. The third-order valence-electron chi connectivity index (χ3n) is 4.10. The molecular formula is C18H19BrN2O2S. The molecule has 1 aliphatic heterocycles. The van der Waals surface area contributed by atoms with Gasteiger partial charge in [0.05, 0.1) is 9.82 Å². The van der Waals surface area contributed by atoms with Crippen LogP contribution >= 0.6 is 27.7 Å². The van der Waals surface area contributed by atoms with Gasteiger partial charge in [-0.2, -0.15) is 0 Å². The third-order valence-corrected chi connectivity index (χ3v) is 5.65. The van der Waals surface area contributed by atoms with Crippen molar-refractivity contribution in [2.45, 2.75) is 35.6 Å². The molecule has 0 spiro atoms. The van der Waals surface area contributed by atoms with Crippen molar-refractivity contribution in [3.05, 3.63) is 62.6 Å². The largest absolute Gasteiger partial charge is 0.299 e. The van der Waals surface area contributed by atoms with Gasteiger partial charge in [-0.3, -0.25) is 15.0 Å². The predicted octanol–water partition coefficient (Wildman–Crippen LogP) is 5.49. The molecule has 2 aromatic rings. The van der Waals surface area contributed by atoms with Gasteiger partial charge in [0, 0.05) is 22.0 Å². The van der Waals surface area contributed by atoms with Gasteiger partial charge < -0.3 is 0 Å². The predicted molar refractivity (Wildman–Crippen MR) is 100 cm³/mol. The zero-order chi connectivity index (χ0) is 16.9. The smallest absolute Gasteiger partial charge is 0.283 e. The molecule has 1 heterocycles. The standard InChI is InChI=1S/C18H19BrN2O2S/c19-15-5-4-6-16(12-15)24-18-8-7-14(11-17(18)21(22)23)13-20-9-2-1-3-10-20/h4-8,11-12H,1-3,9-10,13H2. The van der Waals surface area contributed by atoms with Crippen LogP contribution in [0.4, 0.5) is 5.69 Å². The summed E-state index contributed by atoms with van der Waals surface area (Å²) in [4.78, 5) is 15.3. The second kappa shape index (κ2) is 8.14. The summed E-state index contributed by atoms with van der Waals surface area (Å²) in [5.74, 6) is 0. The summed E-state index contributed by atoms with van der Waals surface area (Å²) < 4.78 is 0.969. The van der Waals surface area contributed by atoms with E-state index in [0.717, 1.165) is 34.6 Å². The summed E-state index contributed by atoms with van der Waals surface area (Å²) in [5, 5.41) is 11.5. The average Bonchev–Trinajstić information content (AvgIpc) is 2.57. The zero-order valence-electron chi connectivity index (χ0n) is 13.3. The Bertz CT molecular complexity index is 733. The van der Waals surface area contributed by atoms with E-state index in [1.165, 1.54) is 31.0 Å². The van der Waals surface area contributed by atoms with Gasteiger partial charge >= 0.3 is 0 Å². The lowest BCUT2D eigenvalue weighted by Crippen LogP contribution is -2.29. The summed E-state index contributed by atoms with van der Waals surface area (Å²) in [6.45, 7) is 2.97. The maximum absolute atomic E-state index is 11.5. The van der Waals surface area contributed by atoms with E-state index in [4.69, 9.17) is 0 Å². The molecule has 0 bridgehead atoms. The lowest BCUT2D eigenvalue weighted by Gasteiger charge is -2.26. The van der Waals surface area contributed by atoms with Gasteiger partial charge in [0.25, 0.3) is 5.69 Å². The van der Waals surface area contributed by atoms with Gasteiger partial charge in [-0.25, -0.2) is 0 Å². The number of hydrogen-bond acceptors (Lipinski definition) is 4. The normalized spacial score (nSPS) is 15.4. The molecule has 2 aromatic carbocycles. The Balaban J connectivity index is 1.80. The zero-order valence-corrected chi connectivity index (χ0v) is 15.7. The highest BCUT2D eigenvalue weighted by Crippen LogP contribution is 2.36. The monoisotopic (exact) mass is 406 g/mol. The van der Waals surface area contributed by atoms with Crippen molar-refractivity contribution >= 4 is 33.4 Å². The van der Waals surface area contributed by atoms with Gasteiger partial charge in [-0.15, -0.1) is 0 Å². The lowest BCUT2D eigenvalue weighted by molar-refractivity contribution is -0.387. The summed E-state index contributed by atoms with van der Waals surface area (Å²) in [7, 11) is 0. The van der Waals surface area contributed by atoms with Crippen molar-refractivity contribution in [1.82, 2.24) is 4.90 Å². The molecule has 0 N–H and O–H groups in total. The molecule has 1 aliphatic rings. The average molecular weight is 407 g/mol. The number of hydrogen-bond donors (Lipinski definition) is 0. The second-order valence-corrected chi connectivity index (χ2v) is 7.99. The van der Waals surface area contributed by atoms with Crippen LogP contribution in [0.15, 0.2) is 56.7 Å². The molecule has 3 rings (SSSR count). The Hall–Kier alpha value is -1.37. The van der Waals surface area contributed by atoms with E-state index >= 15 is 0 Å². The van der Waals surface area contributed by atoms with E-state index in [1.54, 1.807) is 6.07 Å². The maximum Gasteiger partial charge on any atom is 0.283 e. The molecule has 4 nitrogen and oxygen atoms in total. The van der Waals surface area contributed by atoms with E-state index in [1.807, 2.05) is 36.4 Å². The van der Waals surface area contributed by atoms with Crippen molar-refractivity contribution in [3.63, 3.8) is 0 Å². The van der Waals surface area contributed by atoms with Crippen LogP contribution in [0, 0.1) is 10.1 Å². The molecule has 0 aliphatic carbocycles. The number of benzene rings is 2. The van der Waals surface area contributed by atoms with Gasteiger partial charge in [0.1, 0.15) is 0 Å². The highest BCUT2D eigenvalue weighted by molar-refractivity contribution is 9.10. The minimum Gasteiger partial charge on any atom is -0.299 e. The van der Waals surface area contributed by atoms with Crippen LogP contribution in [0.25, 0.3) is 0 Å². The molecule has 6 heteroatoms. The Labute approximate surface area is 154 Å². The number of halogens is 1. The molecule has 1 saturated heterocycles. The van der Waals surface area contributed by atoms with E-state index in [9.17, 15) is 10.1 Å². The quantitative estimate of drug-likeness (QED) is 0.486.